The highest BCUT2D eigenvalue weighted by atomic mass is 35.5. The first-order valence-corrected chi connectivity index (χ1v) is 12.0. The van der Waals surface area contributed by atoms with E-state index in [1.54, 1.807) is 36.5 Å². The van der Waals surface area contributed by atoms with Crippen molar-refractivity contribution in [2.75, 3.05) is 0 Å². The second kappa shape index (κ2) is 9.98. The molecule has 1 N–H and O–H groups in total. The summed E-state index contributed by atoms with van der Waals surface area (Å²) < 4.78 is 0. The Bertz CT molecular complexity index is 1420. The van der Waals surface area contributed by atoms with Gasteiger partial charge in [-0.15, -0.1) is 0 Å². The van der Waals surface area contributed by atoms with Gasteiger partial charge in [0, 0.05) is 40.4 Å². The van der Waals surface area contributed by atoms with Crippen LogP contribution in [-0.4, -0.2) is 27.2 Å². The fourth-order valence-electron chi connectivity index (χ4n) is 4.33. The number of halogens is 2. The first-order chi connectivity index (χ1) is 17.0. The number of aliphatic imine (C=N–C) groups is 1. The molecule has 0 radical (unpaired) electrons. The van der Waals surface area contributed by atoms with Crippen LogP contribution in [0.5, 0.6) is 0 Å². The standard InChI is InChI=1S/C28H21Cl2N3O2/c29-19-10-6-17(7-11-19)27(18-8-12-20(30)13-9-18)25(35)16-26-32-23-5-1-4-22(28(23)33-26)24(34)15-21-3-2-14-31-21/h1-2,4-14,27H,3,15-16H2,(H,32,33). The Labute approximate surface area is 212 Å². The maximum absolute atomic E-state index is 13.6. The molecule has 3 aromatic carbocycles. The molecule has 5 nitrogen and oxygen atoms in total. The molecule has 4 aromatic rings. The summed E-state index contributed by atoms with van der Waals surface area (Å²) in [5.41, 5.74) is 4.33. The molecule has 1 aliphatic rings. The molecule has 174 valence electrons. The summed E-state index contributed by atoms with van der Waals surface area (Å²) in [7, 11) is 0. The predicted octanol–water partition coefficient (Wildman–Crippen LogP) is 6.74. The van der Waals surface area contributed by atoms with E-state index in [9.17, 15) is 9.59 Å². The molecule has 0 unspecified atom stereocenters. The van der Waals surface area contributed by atoms with Gasteiger partial charge in [-0.1, -0.05) is 59.6 Å². The number of imidazole rings is 1. The summed E-state index contributed by atoms with van der Waals surface area (Å²) in [5, 5.41) is 1.20. The number of aromatic amines is 1. The molecule has 0 aliphatic carbocycles. The minimum atomic E-state index is -0.508. The van der Waals surface area contributed by atoms with Crippen molar-refractivity contribution >= 4 is 51.5 Å². The minimum absolute atomic E-state index is 0.0343. The molecule has 1 aliphatic heterocycles. The third-order valence-corrected chi connectivity index (χ3v) is 6.52. The number of hydrogen-bond donors (Lipinski definition) is 1. The van der Waals surface area contributed by atoms with Gasteiger partial charge < -0.3 is 4.98 Å². The number of para-hydroxylation sites is 1. The Balaban J connectivity index is 1.44. The Morgan fingerprint density at radius 2 is 1.54 bits per heavy atom. The van der Waals surface area contributed by atoms with E-state index >= 15 is 0 Å². The molecule has 0 saturated heterocycles. The second-order valence-corrected chi connectivity index (χ2v) is 9.32. The van der Waals surface area contributed by atoms with Gasteiger partial charge in [0.15, 0.2) is 11.6 Å². The van der Waals surface area contributed by atoms with Crippen LogP contribution in [0.1, 0.15) is 46.1 Å². The maximum Gasteiger partial charge on any atom is 0.170 e. The number of Topliss-reactive ketones (excluding diaryl/α,β-unsaturated/α-hetero) is 2. The van der Waals surface area contributed by atoms with E-state index in [1.165, 1.54) is 0 Å². The van der Waals surface area contributed by atoms with Gasteiger partial charge in [0.1, 0.15) is 5.82 Å². The molecule has 7 heteroatoms. The van der Waals surface area contributed by atoms with Gasteiger partial charge in [0.25, 0.3) is 0 Å². The summed E-state index contributed by atoms with van der Waals surface area (Å²) >= 11 is 12.2. The smallest absolute Gasteiger partial charge is 0.170 e. The van der Waals surface area contributed by atoms with E-state index in [2.05, 4.69) is 15.0 Å². The van der Waals surface area contributed by atoms with Gasteiger partial charge >= 0.3 is 0 Å². The van der Waals surface area contributed by atoms with Crippen molar-refractivity contribution in [1.82, 2.24) is 9.97 Å². The van der Waals surface area contributed by atoms with Crippen molar-refractivity contribution in [3.63, 3.8) is 0 Å². The third-order valence-electron chi connectivity index (χ3n) is 6.01. The number of hydrogen-bond acceptors (Lipinski definition) is 4. The van der Waals surface area contributed by atoms with Crippen molar-refractivity contribution in [1.29, 1.82) is 0 Å². The Morgan fingerprint density at radius 3 is 2.14 bits per heavy atom. The molecule has 1 aromatic heterocycles. The summed E-state index contributed by atoms with van der Waals surface area (Å²) in [6, 6.07) is 20.0. The van der Waals surface area contributed by atoms with Crippen LogP contribution >= 0.6 is 23.2 Å². The molecule has 35 heavy (non-hydrogen) atoms. The number of H-pyrrole nitrogens is 1. The van der Waals surface area contributed by atoms with Gasteiger partial charge in [0.05, 0.1) is 23.4 Å². The van der Waals surface area contributed by atoms with E-state index in [0.29, 0.717) is 33.4 Å². The highest BCUT2D eigenvalue weighted by Gasteiger charge is 2.25. The number of nitrogens with one attached hydrogen (secondary N) is 1. The lowest BCUT2D eigenvalue weighted by Gasteiger charge is -2.17. The lowest BCUT2D eigenvalue weighted by atomic mass is 9.86. The minimum Gasteiger partial charge on any atom is -0.342 e. The molecule has 0 saturated carbocycles. The number of carbonyl (C=O) groups excluding carboxylic acids is 2. The van der Waals surface area contributed by atoms with Gasteiger partial charge in [-0.3, -0.25) is 14.6 Å². The number of carbonyl (C=O) groups is 2. The molecule has 0 amide bonds. The number of aromatic nitrogens is 2. The average molecular weight is 502 g/mol. The quantitative estimate of drug-likeness (QED) is 0.271. The van der Waals surface area contributed by atoms with Gasteiger partial charge in [-0.25, -0.2) is 4.98 Å². The Hall–Kier alpha value is -3.54. The van der Waals surface area contributed by atoms with E-state index in [4.69, 9.17) is 23.2 Å². The Kier molecular flexibility index (Phi) is 6.62. The zero-order valence-electron chi connectivity index (χ0n) is 18.7. The average Bonchev–Trinajstić information content (AvgIpc) is 3.50. The number of nitrogens with zero attached hydrogens (tertiary/aromatic N) is 2. The van der Waals surface area contributed by atoms with Crippen molar-refractivity contribution in [2.45, 2.75) is 25.2 Å². The van der Waals surface area contributed by atoms with Gasteiger partial charge in [-0.05, 0) is 47.5 Å². The van der Waals surface area contributed by atoms with Crippen molar-refractivity contribution < 1.29 is 9.59 Å². The lowest BCUT2D eigenvalue weighted by Crippen LogP contribution is -2.17. The lowest BCUT2D eigenvalue weighted by molar-refractivity contribution is -0.119. The number of allylic oxidation sites excluding steroid dienone is 1. The molecular formula is C28H21Cl2N3O2. The number of ketones is 2. The number of fused-ring (bicyclic) bond motifs is 1. The summed E-state index contributed by atoms with van der Waals surface area (Å²) in [4.78, 5) is 38.6. The molecule has 0 bridgehead atoms. The zero-order chi connectivity index (χ0) is 24.4. The zero-order valence-corrected chi connectivity index (χ0v) is 20.2. The van der Waals surface area contributed by atoms with Crippen LogP contribution in [0.15, 0.2) is 84.0 Å². The van der Waals surface area contributed by atoms with E-state index < -0.39 is 5.92 Å². The SMILES string of the molecule is O=C(CC1=NC=CC1)c1cccc2[nH]c(CC(=O)C(c3ccc(Cl)cc3)c3ccc(Cl)cc3)nc12. The number of benzene rings is 3. The van der Waals surface area contributed by atoms with Crippen molar-refractivity contribution in [2.24, 2.45) is 4.99 Å². The van der Waals surface area contributed by atoms with Crippen LogP contribution in [0.3, 0.4) is 0 Å². The second-order valence-electron chi connectivity index (χ2n) is 8.45. The van der Waals surface area contributed by atoms with Crippen LogP contribution in [0, 0.1) is 0 Å². The highest BCUT2D eigenvalue weighted by Crippen LogP contribution is 2.29. The number of rotatable bonds is 8. The summed E-state index contributed by atoms with van der Waals surface area (Å²) in [5.74, 6) is -0.0691. The molecule has 5 rings (SSSR count). The van der Waals surface area contributed by atoms with Gasteiger partial charge in [0.2, 0.25) is 0 Å². The Morgan fingerprint density at radius 1 is 0.886 bits per heavy atom. The molecular weight excluding hydrogens is 481 g/mol. The molecule has 0 spiro atoms. The van der Waals surface area contributed by atoms with Gasteiger partial charge in [-0.2, -0.15) is 0 Å². The first kappa shape index (κ1) is 23.2. The predicted molar refractivity (Wildman–Crippen MR) is 140 cm³/mol. The van der Waals surface area contributed by atoms with Crippen LogP contribution < -0.4 is 0 Å². The highest BCUT2D eigenvalue weighted by molar-refractivity contribution is 6.30. The van der Waals surface area contributed by atoms with Crippen LogP contribution in [-0.2, 0) is 11.2 Å². The molecule has 0 atom stereocenters. The van der Waals surface area contributed by atoms with Crippen LogP contribution in [0.25, 0.3) is 11.0 Å². The summed E-state index contributed by atoms with van der Waals surface area (Å²) in [6.07, 6.45) is 4.68. The van der Waals surface area contributed by atoms with Crippen LogP contribution in [0.2, 0.25) is 10.0 Å². The summed E-state index contributed by atoms with van der Waals surface area (Å²) in [6.45, 7) is 0. The maximum atomic E-state index is 13.6. The fourth-order valence-corrected chi connectivity index (χ4v) is 4.58. The van der Waals surface area contributed by atoms with E-state index in [-0.39, 0.29) is 24.4 Å². The van der Waals surface area contributed by atoms with E-state index in [0.717, 1.165) is 22.4 Å². The van der Waals surface area contributed by atoms with Crippen molar-refractivity contribution in [3.05, 3.63) is 112 Å². The molecule has 2 heterocycles. The largest absolute Gasteiger partial charge is 0.342 e. The normalized spacial score (nSPS) is 12.9. The van der Waals surface area contributed by atoms with Crippen LogP contribution in [0.4, 0.5) is 0 Å². The van der Waals surface area contributed by atoms with E-state index in [1.807, 2.05) is 42.5 Å². The fraction of sp³-hybridized carbons (Fsp3) is 0.143. The monoisotopic (exact) mass is 501 g/mol. The third kappa shape index (κ3) is 5.11. The van der Waals surface area contributed by atoms with Crippen molar-refractivity contribution in [3.8, 4) is 0 Å². The first-order valence-electron chi connectivity index (χ1n) is 11.2. The topological polar surface area (TPSA) is 75.2 Å². The molecule has 0 fully saturated rings.